The fraction of sp³-hybridized carbons (Fsp3) is 0.300. The number of nitrogens with zero attached hydrogens (tertiary/aromatic N) is 2. The fourth-order valence-corrected chi connectivity index (χ4v) is 1.39. The minimum Gasteiger partial charge on any atom is -0.271 e. The van der Waals surface area contributed by atoms with Crippen molar-refractivity contribution in [3.63, 3.8) is 0 Å². The van der Waals surface area contributed by atoms with Crippen molar-refractivity contribution >= 4 is 17.8 Å². The summed E-state index contributed by atoms with van der Waals surface area (Å²) in [6.45, 7) is 2.04. The predicted molar refractivity (Wildman–Crippen MR) is 51.9 cm³/mol. The molecule has 0 aromatic rings. The molecule has 2 heterocycles. The van der Waals surface area contributed by atoms with Gasteiger partial charge in [-0.25, -0.2) is 4.99 Å². The van der Waals surface area contributed by atoms with E-state index < -0.39 is 0 Å². The molecule has 0 N–H and O–H groups in total. The average molecular weight is 174 g/mol. The van der Waals surface area contributed by atoms with Crippen LogP contribution in [-0.4, -0.2) is 17.8 Å². The number of amides is 1. The van der Waals surface area contributed by atoms with E-state index in [4.69, 9.17) is 0 Å². The first kappa shape index (κ1) is 8.10. The highest BCUT2D eigenvalue weighted by molar-refractivity contribution is 6.02. The van der Waals surface area contributed by atoms with Gasteiger partial charge in [0, 0.05) is 11.9 Å². The molecule has 2 aliphatic heterocycles. The van der Waals surface area contributed by atoms with E-state index in [0.29, 0.717) is 0 Å². The second-order valence-electron chi connectivity index (χ2n) is 3.00. The molecule has 0 saturated heterocycles. The van der Waals surface area contributed by atoms with Crippen LogP contribution >= 0.6 is 0 Å². The van der Waals surface area contributed by atoms with E-state index in [1.165, 1.54) is 6.21 Å². The lowest BCUT2D eigenvalue weighted by Crippen LogP contribution is -2.19. The van der Waals surface area contributed by atoms with Crippen molar-refractivity contribution in [2.75, 3.05) is 0 Å². The lowest BCUT2D eigenvalue weighted by molar-refractivity contribution is -0.119. The molecule has 0 spiro atoms. The topological polar surface area (TPSA) is 41.8 Å². The Morgan fingerprint density at radius 1 is 1.54 bits per heavy atom. The number of hydrogen-bond donors (Lipinski definition) is 0. The third-order valence-electron chi connectivity index (χ3n) is 2.15. The summed E-state index contributed by atoms with van der Waals surface area (Å²) in [5, 5.41) is 0. The molecule has 0 fully saturated rings. The first-order valence-electron chi connectivity index (χ1n) is 4.35. The third kappa shape index (κ3) is 1.37. The Balaban J connectivity index is 2.36. The molecule has 0 aromatic heterocycles. The largest absolute Gasteiger partial charge is 0.271 e. The predicted octanol–water partition coefficient (Wildman–Crippen LogP) is 1.52. The van der Waals surface area contributed by atoms with Crippen LogP contribution < -0.4 is 0 Å². The van der Waals surface area contributed by atoms with Crippen LogP contribution in [-0.2, 0) is 4.79 Å². The van der Waals surface area contributed by atoms with Gasteiger partial charge in [-0.1, -0.05) is 13.0 Å². The van der Waals surface area contributed by atoms with E-state index in [-0.39, 0.29) is 11.8 Å². The zero-order valence-corrected chi connectivity index (χ0v) is 7.40. The Morgan fingerprint density at radius 2 is 2.38 bits per heavy atom. The Labute approximate surface area is 76.6 Å². The Morgan fingerprint density at radius 3 is 3.15 bits per heavy atom. The normalized spacial score (nSPS) is 25.3. The van der Waals surface area contributed by atoms with Gasteiger partial charge in [-0.05, 0) is 18.6 Å². The molecular formula is C10H10N2O. The number of rotatable bonds is 1. The van der Waals surface area contributed by atoms with Crippen LogP contribution in [0.4, 0.5) is 0 Å². The van der Waals surface area contributed by atoms with Crippen molar-refractivity contribution in [3.05, 3.63) is 23.9 Å². The van der Waals surface area contributed by atoms with Crippen LogP contribution in [0.15, 0.2) is 33.9 Å². The lowest BCUT2D eigenvalue weighted by Gasteiger charge is -2.16. The van der Waals surface area contributed by atoms with Crippen molar-refractivity contribution in [1.82, 2.24) is 0 Å². The molecule has 1 atom stereocenters. The van der Waals surface area contributed by atoms with Crippen molar-refractivity contribution < 1.29 is 4.79 Å². The molecule has 0 aromatic carbocycles. The summed E-state index contributed by atoms with van der Waals surface area (Å²) in [6.07, 6.45) is 7.98. The van der Waals surface area contributed by atoms with Crippen LogP contribution in [0.25, 0.3) is 0 Å². The number of fused-ring (bicyclic) bond motifs is 1. The maximum Gasteiger partial charge on any atom is 0.258 e. The number of hydrogen-bond acceptors (Lipinski definition) is 2. The molecule has 3 nitrogen and oxygen atoms in total. The maximum absolute atomic E-state index is 11.3. The van der Waals surface area contributed by atoms with E-state index in [9.17, 15) is 4.79 Å². The molecule has 0 aliphatic carbocycles. The molecule has 1 amide bonds. The third-order valence-corrected chi connectivity index (χ3v) is 2.15. The van der Waals surface area contributed by atoms with Crippen LogP contribution in [0.3, 0.4) is 0 Å². The maximum atomic E-state index is 11.3. The molecular weight excluding hydrogens is 164 g/mol. The van der Waals surface area contributed by atoms with Crippen molar-refractivity contribution in [3.8, 4) is 0 Å². The minimum atomic E-state index is -0.236. The second-order valence-corrected chi connectivity index (χ2v) is 3.00. The zero-order chi connectivity index (χ0) is 9.26. The zero-order valence-electron chi connectivity index (χ0n) is 7.40. The van der Waals surface area contributed by atoms with Gasteiger partial charge in [0.2, 0.25) is 0 Å². The summed E-state index contributed by atoms with van der Waals surface area (Å²) in [5.41, 5.74) is 1.84. The molecule has 0 bridgehead atoms. The smallest absolute Gasteiger partial charge is 0.258 e. The lowest BCUT2D eigenvalue weighted by atomic mass is 9.98. The molecule has 13 heavy (non-hydrogen) atoms. The summed E-state index contributed by atoms with van der Waals surface area (Å²) >= 11 is 0. The van der Waals surface area contributed by atoms with Crippen molar-refractivity contribution in [2.45, 2.75) is 13.3 Å². The van der Waals surface area contributed by atoms with E-state index in [1.54, 1.807) is 6.08 Å². The standard InChI is InChI=1S/C10H10N2O/c1-2-7-3-4-8-9(12-7)5-6-11-10(8)13/h3-6,8H,2H2,1H3. The molecule has 66 valence electrons. The number of allylic oxidation sites excluding steroid dienone is 2. The van der Waals surface area contributed by atoms with Gasteiger partial charge in [0.05, 0.1) is 5.70 Å². The number of dihydropyridines is 2. The Hall–Kier alpha value is -1.51. The highest BCUT2D eigenvalue weighted by Gasteiger charge is 2.23. The number of carbonyl (C=O) groups is 1. The number of aliphatic imine (C=N–C) groups is 2. The van der Waals surface area contributed by atoms with Crippen LogP contribution in [0, 0.1) is 5.92 Å². The molecule has 1 unspecified atom stereocenters. The fourth-order valence-electron chi connectivity index (χ4n) is 1.39. The summed E-state index contributed by atoms with van der Waals surface area (Å²) in [7, 11) is 0. The van der Waals surface area contributed by atoms with Gasteiger partial charge in [-0.2, -0.15) is 0 Å². The number of carbonyl (C=O) groups excluding carboxylic acids is 1. The second kappa shape index (κ2) is 3.09. The van der Waals surface area contributed by atoms with Gasteiger partial charge in [-0.3, -0.25) is 9.79 Å². The van der Waals surface area contributed by atoms with E-state index in [2.05, 4.69) is 9.98 Å². The molecule has 2 rings (SSSR count). The van der Waals surface area contributed by atoms with Crippen molar-refractivity contribution in [2.24, 2.45) is 15.9 Å². The quantitative estimate of drug-likeness (QED) is 0.594. The summed E-state index contributed by atoms with van der Waals surface area (Å²) in [4.78, 5) is 19.3. The highest BCUT2D eigenvalue weighted by Crippen LogP contribution is 2.22. The van der Waals surface area contributed by atoms with Gasteiger partial charge in [0.15, 0.2) is 0 Å². The van der Waals surface area contributed by atoms with Crippen LogP contribution in [0.1, 0.15) is 13.3 Å². The van der Waals surface area contributed by atoms with Gasteiger partial charge >= 0.3 is 0 Å². The Bertz CT molecular complexity index is 361. The SMILES string of the molecule is CCC1=NC2=CC=NC(=O)C2C=C1. The van der Waals surface area contributed by atoms with Crippen LogP contribution in [0.2, 0.25) is 0 Å². The van der Waals surface area contributed by atoms with E-state index in [1.807, 2.05) is 19.1 Å². The first-order valence-corrected chi connectivity index (χ1v) is 4.35. The van der Waals surface area contributed by atoms with Crippen LogP contribution in [0.5, 0.6) is 0 Å². The molecule has 3 heteroatoms. The summed E-state index contributed by atoms with van der Waals surface area (Å²) in [6, 6.07) is 0. The first-order chi connectivity index (χ1) is 6.31. The van der Waals surface area contributed by atoms with Gasteiger partial charge in [0.1, 0.15) is 5.92 Å². The monoisotopic (exact) mass is 174 g/mol. The molecule has 0 saturated carbocycles. The van der Waals surface area contributed by atoms with Crippen molar-refractivity contribution in [1.29, 1.82) is 0 Å². The van der Waals surface area contributed by atoms with Gasteiger partial charge in [-0.15, -0.1) is 0 Å². The van der Waals surface area contributed by atoms with Gasteiger partial charge in [0.25, 0.3) is 5.91 Å². The Kier molecular flexibility index (Phi) is 1.93. The highest BCUT2D eigenvalue weighted by atomic mass is 16.1. The average Bonchev–Trinajstić information content (AvgIpc) is 2.18. The summed E-state index contributed by atoms with van der Waals surface area (Å²) in [5.74, 6) is -0.354. The molecule has 0 radical (unpaired) electrons. The van der Waals surface area contributed by atoms with Gasteiger partial charge < -0.3 is 0 Å². The summed E-state index contributed by atoms with van der Waals surface area (Å²) < 4.78 is 0. The molecule has 2 aliphatic rings. The van der Waals surface area contributed by atoms with E-state index in [0.717, 1.165) is 17.8 Å². The minimum absolute atomic E-state index is 0.118. The van der Waals surface area contributed by atoms with E-state index >= 15 is 0 Å².